The summed E-state index contributed by atoms with van der Waals surface area (Å²) >= 11 is 0. The van der Waals surface area contributed by atoms with E-state index in [2.05, 4.69) is 10.3 Å². The van der Waals surface area contributed by atoms with Gasteiger partial charge in [0.25, 0.3) is 5.91 Å². The Hall–Kier alpha value is -2.28. The number of nitrogens with one attached hydrogen (secondary N) is 1. The van der Waals surface area contributed by atoms with Crippen molar-refractivity contribution in [2.45, 2.75) is 13.0 Å². The van der Waals surface area contributed by atoms with E-state index in [0.29, 0.717) is 18.9 Å². The Bertz CT molecular complexity index is 613. The topological polar surface area (TPSA) is 81.1 Å². The Balaban J connectivity index is 1.99. The Labute approximate surface area is 113 Å². The van der Waals surface area contributed by atoms with Crippen LogP contribution in [0.5, 0.6) is 0 Å². The van der Waals surface area contributed by atoms with Crippen LogP contribution in [-0.2, 0) is 13.0 Å². The fourth-order valence-electron chi connectivity index (χ4n) is 1.60. The number of amides is 1. The Morgan fingerprint density at radius 3 is 2.95 bits per heavy atom. The molecule has 1 heterocycles. The molecule has 2 rings (SSSR count). The highest BCUT2D eigenvalue weighted by atomic mass is 19.1. The van der Waals surface area contributed by atoms with Crippen molar-refractivity contribution in [3.05, 3.63) is 53.2 Å². The zero-order chi connectivity index (χ0) is 14.5. The van der Waals surface area contributed by atoms with E-state index in [4.69, 9.17) is 10.2 Å². The van der Waals surface area contributed by atoms with Gasteiger partial charge < -0.3 is 15.5 Å². The molecule has 1 amide bonds. The third-order valence-corrected chi connectivity index (χ3v) is 2.59. The first-order valence-electron chi connectivity index (χ1n) is 5.96. The van der Waals surface area contributed by atoms with Crippen LogP contribution in [0.4, 0.5) is 8.78 Å². The quantitative estimate of drug-likeness (QED) is 0.867. The Morgan fingerprint density at radius 2 is 2.20 bits per heavy atom. The molecule has 5 nitrogen and oxygen atoms in total. The number of nitrogens with two attached hydrogens (primary N) is 1. The largest absolute Gasteiger partial charge is 0.448 e. The number of rotatable bonds is 5. The molecule has 7 heteroatoms. The van der Waals surface area contributed by atoms with E-state index in [-0.39, 0.29) is 17.8 Å². The zero-order valence-corrected chi connectivity index (χ0v) is 10.5. The van der Waals surface area contributed by atoms with E-state index in [0.717, 1.165) is 18.2 Å². The third-order valence-electron chi connectivity index (χ3n) is 2.59. The molecule has 0 spiro atoms. The SMILES string of the molecule is NCCc1nc(C(=O)NCc2cc(F)ccc2F)co1. The molecular weight excluding hydrogens is 268 g/mol. The number of aromatic nitrogens is 1. The van der Waals surface area contributed by atoms with Crippen LogP contribution in [0.25, 0.3) is 0 Å². The number of carbonyl (C=O) groups is 1. The van der Waals surface area contributed by atoms with Gasteiger partial charge in [0.15, 0.2) is 11.6 Å². The minimum Gasteiger partial charge on any atom is -0.448 e. The molecule has 0 saturated carbocycles. The van der Waals surface area contributed by atoms with Crippen molar-refractivity contribution >= 4 is 5.91 Å². The summed E-state index contributed by atoms with van der Waals surface area (Å²) in [6.07, 6.45) is 1.62. The van der Waals surface area contributed by atoms with Crippen LogP contribution in [0.3, 0.4) is 0 Å². The van der Waals surface area contributed by atoms with Crippen molar-refractivity contribution in [3.63, 3.8) is 0 Å². The van der Waals surface area contributed by atoms with Gasteiger partial charge in [0.2, 0.25) is 0 Å². The monoisotopic (exact) mass is 281 g/mol. The normalized spacial score (nSPS) is 10.6. The van der Waals surface area contributed by atoms with Crippen LogP contribution in [0.2, 0.25) is 0 Å². The lowest BCUT2D eigenvalue weighted by atomic mass is 10.2. The summed E-state index contributed by atoms with van der Waals surface area (Å²) in [5.74, 6) is -1.33. The Kier molecular flexibility index (Phi) is 4.41. The standard InChI is InChI=1S/C13H13F2N3O2/c14-9-1-2-10(15)8(5-9)6-17-13(19)11-7-20-12(18-11)3-4-16/h1-2,5,7H,3-4,6,16H2,(H,17,19). The molecule has 106 valence electrons. The van der Waals surface area contributed by atoms with Crippen molar-refractivity contribution in [2.75, 3.05) is 6.54 Å². The highest BCUT2D eigenvalue weighted by Gasteiger charge is 2.12. The number of oxazole rings is 1. The van der Waals surface area contributed by atoms with Crippen molar-refractivity contribution in [1.82, 2.24) is 10.3 Å². The summed E-state index contributed by atoms with van der Waals surface area (Å²) in [5.41, 5.74) is 5.47. The van der Waals surface area contributed by atoms with Crippen LogP contribution in [0.15, 0.2) is 28.9 Å². The van der Waals surface area contributed by atoms with Crippen molar-refractivity contribution < 1.29 is 18.0 Å². The van der Waals surface area contributed by atoms with Gasteiger partial charge in [-0.25, -0.2) is 13.8 Å². The van der Waals surface area contributed by atoms with Gasteiger partial charge in [0, 0.05) is 25.1 Å². The summed E-state index contributed by atoms with van der Waals surface area (Å²) in [4.78, 5) is 15.7. The van der Waals surface area contributed by atoms with Crippen LogP contribution < -0.4 is 11.1 Å². The predicted molar refractivity (Wildman–Crippen MR) is 66.8 cm³/mol. The van der Waals surface area contributed by atoms with Crippen LogP contribution in [0.1, 0.15) is 21.9 Å². The minimum absolute atomic E-state index is 0.0593. The van der Waals surface area contributed by atoms with Gasteiger partial charge >= 0.3 is 0 Å². The molecule has 0 radical (unpaired) electrons. The third kappa shape index (κ3) is 3.39. The average molecular weight is 281 g/mol. The van der Waals surface area contributed by atoms with Crippen molar-refractivity contribution in [2.24, 2.45) is 5.73 Å². The second kappa shape index (κ2) is 6.25. The number of carbonyl (C=O) groups excluding carboxylic acids is 1. The van der Waals surface area contributed by atoms with Gasteiger partial charge in [-0.1, -0.05) is 0 Å². The van der Waals surface area contributed by atoms with Gasteiger partial charge in [0.1, 0.15) is 17.9 Å². The molecule has 0 aliphatic heterocycles. The van der Waals surface area contributed by atoms with Gasteiger partial charge in [-0.2, -0.15) is 0 Å². The van der Waals surface area contributed by atoms with Gasteiger partial charge in [-0.3, -0.25) is 4.79 Å². The van der Waals surface area contributed by atoms with Gasteiger partial charge in [-0.15, -0.1) is 0 Å². The first-order chi connectivity index (χ1) is 9.60. The fraction of sp³-hybridized carbons (Fsp3) is 0.231. The molecule has 3 N–H and O–H groups in total. The van der Waals surface area contributed by atoms with E-state index in [9.17, 15) is 13.6 Å². The van der Waals surface area contributed by atoms with Gasteiger partial charge in [0.05, 0.1) is 0 Å². The summed E-state index contributed by atoms with van der Waals surface area (Å²) in [6, 6.07) is 3.04. The summed E-state index contributed by atoms with van der Waals surface area (Å²) in [7, 11) is 0. The molecule has 0 aliphatic carbocycles. The lowest BCUT2D eigenvalue weighted by molar-refractivity contribution is 0.0945. The molecule has 0 atom stereocenters. The smallest absolute Gasteiger partial charge is 0.273 e. The number of hydrogen-bond donors (Lipinski definition) is 2. The fourth-order valence-corrected chi connectivity index (χ4v) is 1.60. The maximum Gasteiger partial charge on any atom is 0.273 e. The predicted octanol–water partition coefficient (Wildman–Crippen LogP) is 1.38. The molecule has 2 aromatic rings. The lowest BCUT2D eigenvalue weighted by Crippen LogP contribution is -2.23. The summed E-state index contributed by atoms with van der Waals surface area (Å²) < 4.78 is 31.4. The molecule has 0 aliphatic rings. The molecule has 0 fully saturated rings. The zero-order valence-electron chi connectivity index (χ0n) is 10.5. The highest BCUT2D eigenvalue weighted by Crippen LogP contribution is 2.10. The van der Waals surface area contributed by atoms with Crippen LogP contribution >= 0.6 is 0 Å². The number of benzene rings is 1. The van der Waals surface area contributed by atoms with Gasteiger partial charge in [-0.05, 0) is 18.2 Å². The lowest BCUT2D eigenvalue weighted by Gasteiger charge is -2.04. The molecule has 0 unspecified atom stereocenters. The second-order valence-corrected chi connectivity index (χ2v) is 4.08. The first kappa shape index (κ1) is 14.1. The van der Waals surface area contributed by atoms with E-state index >= 15 is 0 Å². The second-order valence-electron chi connectivity index (χ2n) is 4.08. The summed E-state index contributed by atoms with van der Waals surface area (Å²) in [5, 5.41) is 2.44. The first-order valence-corrected chi connectivity index (χ1v) is 5.96. The van der Waals surface area contributed by atoms with Crippen molar-refractivity contribution in [1.29, 1.82) is 0 Å². The number of halogens is 2. The summed E-state index contributed by atoms with van der Waals surface area (Å²) in [6.45, 7) is 0.220. The van der Waals surface area contributed by atoms with Crippen LogP contribution in [-0.4, -0.2) is 17.4 Å². The van der Waals surface area contributed by atoms with E-state index < -0.39 is 17.5 Å². The average Bonchev–Trinajstić information content (AvgIpc) is 2.88. The Morgan fingerprint density at radius 1 is 1.40 bits per heavy atom. The maximum absolute atomic E-state index is 13.4. The molecule has 1 aromatic carbocycles. The minimum atomic E-state index is -0.587. The van der Waals surface area contributed by atoms with E-state index in [1.54, 1.807) is 0 Å². The highest BCUT2D eigenvalue weighted by molar-refractivity contribution is 5.91. The van der Waals surface area contributed by atoms with Crippen LogP contribution in [0, 0.1) is 11.6 Å². The van der Waals surface area contributed by atoms with E-state index in [1.165, 1.54) is 6.26 Å². The molecule has 20 heavy (non-hydrogen) atoms. The number of hydrogen-bond acceptors (Lipinski definition) is 4. The molecule has 0 saturated heterocycles. The molecule has 1 aromatic heterocycles. The van der Waals surface area contributed by atoms with E-state index in [1.807, 2.05) is 0 Å². The van der Waals surface area contributed by atoms with Crippen molar-refractivity contribution in [3.8, 4) is 0 Å². The maximum atomic E-state index is 13.4. The molecular formula is C13H13F2N3O2. The number of nitrogens with zero attached hydrogens (tertiary/aromatic N) is 1. The molecule has 0 bridgehead atoms.